The number of para-hydroxylation sites is 1. The standard InChI is InChI=1S/C16H22N2/c1-3-5-8-11-18-13-14(12-17-4-2)15-9-6-7-10-16(15)18/h3,6-7,9-10,13,17H,1,4-5,8,11-12H2,2H3. The van der Waals surface area contributed by atoms with Gasteiger partial charge in [-0.05, 0) is 31.0 Å². The zero-order chi connectivity index (χ0) is 12.8. The van der Waals surface area contributed by atoms with Crippen molar-refractivity contribution in [1.29, 1.82) is 0 Å². The summed E-state index contributed by atoms with van der Waals surface area (Å²) in [5, 5.41) is 4.78. The van der Waals surface area contributed by atoms with Crippen molar-refractivity contribution in [2.75, 3.05) is 6.54 Å². The highest BCUT2D eigenvalue weighted by molar-refractivity contribution is 5.83. The van der Waals surface area contributed by atoms with Gasteiger partial charge in [-0.2, -0.15) is 0 Å². The van der Waals surface area contributed by atoms with E-state index in [4.69, 9.17) is 0 Å². The monoisotopic (exact) mass is 242 g/mol. The molecule has 18 heavy (non-hydrogen) atoms. The lowest BCUT2D eigenvalue weighted by atomic mass is 10.2. The molecule has 2 aromatic rings. The molecule has 0 spiro atoms. The molecule has 0 radical (unpaired) electrons. The fraction of sp³-hybridized carbons (Fsp3) is 0.375. The van der Waals surface area contributed by atoms with E-state index in [1.165, 1.54) is 16.5 Å². The van der Waals surface area contributed by atoms with E-state index in [1.807, 2.05) is 6.08 Å². The Bertz CT molecular complexity index is 511. The van der Waals surface area contributed by atoms with Crippen LogP contribution in [-0.2, 0) is 13.1 Å². The number of nitrogens with one attached hydrogen (secondary N) is 1. The average molecular weight is 242 g/mol. The molecule has 2 heteroatoms. The summed E-state index contributed by atoms with van der Waals surface area (Å²) in [7, 11) is 0. The van der Waals surface area contributed by atoms with E-state index in [0.717, 1.165) is 32.5 Å². The van der Waals surface area contributed by atoms with Crippen LogP contribution in [0.4, 0.5) is 0 Å². The molecular formula is C16H22N2. The molecule has 0 aliphatic heterocycles. The van der Waals surface area contributed by atoms with Crippen molar-refractivity contribution < 1.29 is 0 Å². The highest BCUT2D eigenvalue weighted by Gasteiger charge is 2.06. The first-order valence-electron chi connectivity index (χ1n) is 6.75. The van der Waals surface area contributed by atoms with Gasteiger partial charge in [0.1, 0.15) is 0 Å². The van der Waals surface area contributed by atoms with Gasteiger partial charge in [0.25, 0.3) is 0 Å². The number of hydrogen-bond donors (Lipinski definition) is 1. The Morgan fingerprint density at radius 3 is 2.94 bits per heavy atom. The molecule has 0 aliphatic carbocycles. The summed E-state index contributed by atoms with van der Waals surface area (Å²) < 4.78 is 2.37. The predicted molar refractivity (Wildman–Crippen MR) is 78.7 cm³/mol. The molecule has 1 N–H and O–H groups in total. The number of rotatable bonds is 7. The molecule has 1 heterocycles. The number of aryl methyl sites for hydroxylation is 1. The van der Waals surface area contributed by atoms with Crippen LogP contribution in [0.1, 0.15) is 25.3 Å². The smallest absolute Gasteiger partial charge is 0.0483 e. The maximum absolute atomic E-state index is 3.78. The Kier molecular flexibility index (Phi) is 4.59. The van der Waals surface area contributed by atoms with Crippen LogP contribution >= 0.6 is 0 Å². The molecular weight excluding hydrogens is 220 g/mol. The maximum Gasteiger partial charge on any atom is 0.0483 e. The molecule has 1 aromatic heterocycles. The molecule has 96 valence electrons. The average Bonchev–Trinajstić information content (AvgIpc) is 2.76. The highest BCUT2D eigenvalue weighted by Crippen LogP contribution is 2.21. The van der Waals surface area contributed by atoms with Crippen molar-refractivity contribution in [2.45, 2.75) is 32.9 Å². The summed E-state index contributed by atoms with van der Waals surface area (Å²) in [6.45, 7) is 8.95. The lowest BCUT2D eigenvalue weighted by Crippen LogP contribution is -2.11. The quantitative estimate of drug-likeness (QED) is 0.578. The fourth-order valence-corrected chi connectivity index (χ4v) is 2.31. The number of benzene rings is 1. The van der Waals surface area contributed by atoms with Crippen LogP contribution in [0, 0.1) is 0 Å². The van der Waals surface area contributed by atoms with Crippen molar-refractivity contribution in [3.05, 3.63) is 48.7 Å². The largest absolute Gasteiger partial charge is 0.347 e. The van der Waals surface area contributed by atoms with E-state index in [9.17, 15) is 0 Å². The molecule has 0 amide bonds. The summed E-state index contributed by atoms with van der Waals surface area (Å²) >= 11 is 0. The van der Waals surface area contributed by atoms with Crippen LogP contribution in [0.25, 0.3) is 10.9 Å². The van der Waals surface area contributed by atoms with E-state index in [-0.39, 0.29) is 0 Å². The minimum absolute atomic E-state index is 0.950. The van der Waals surface area contributed by atoms with Gasteiger partial charge in [0, 0.05) is 30.2 Å². The SMILES string of the molecule is C=CCCCn1cc(CNCC)c2ccccc21. The van der Waals surface area contributed by atoms with E-state index in [0.29, 0.717) is 0 Å². The number of nitrogens with zero attached hydrogens (tertiary/aromatic N) is 1. The Morgan fingerprint density at radius 2 is 2.17 bits per heavy atom. The van der Waals surface area contributed by atoms with Gasteiger partial charge in [0.15, 0.2) is 0 Å². The molecule has 2 nitrogen and oxygen atoms in total. The van der Waals surface area contributed by atoms with Crippen molar-refractivity contribution in [3.8, 4) is 0 Å². The van der Waals surface area contributed by atoms with Gasteiger partial charge in [-0.25, -0.2) is 0 Å². The molecule has 0 saturated carbocycles. The second-order valence-corrected chi connectivity index (χ2v) is 4.58. The second-order valence-electron chi connectivity index (χ2n) is 4.58. The van der Waals surface area contributed by atoms with Gasteiger partial charge >= 0.3 is 0 Å². The first kappa shape index (κ1) is 12.9. The second kappa shape index (κ2) is 6.41. The van der Waals surface area contributed by atoms with E-state index >= 15 is 0 Å². The Balaban J connectivity index is 2.25. The number of allylic oxidation sites excluding steroid dienone is 1. The normalized spacial score (nSPS) is 10.9. The number of fused-ring (bicyclic) bond motifs is 1. The van der Waals surface area contributed by atoms with E-state index in [1.54, 1.807) is 0 Å². The Hall–Kier alpha value is -1.54. The van der Waals surface area contributed by atoms with Gasteiger partial charge < -0.3 is 9.88 Å². The topological polar surface area (TPSA) is 17.0 Å². The van der Waals surface area contributed by atoms with Crippen molar-refractivity contribution in [3.63, 3.8) is 0 Å². The van der Waals surface area contributed by atoms with Crippen LogP contribution in [-0.4, -0.2) is 11.1 Å². The van der Waals surface area contributed by atoms with Gasteiger partial charge in [-0.3, -0.25) is 0 Å². The number of unbranched alkanes of at least 4 members (excludes halogenated alkanes) is 1. The van der Waals surface area contributed by atoms with Gasteiger partial charge in [0.2, 0.25) is 0 Å². The zero-order valence-corrected chi connectivity index (χ0v) is 11.2. The summed E-state index contributed by atoms with van der Waals surface area (Å²) in [6, 6.07) is 8.65. The van der Waals surface area contributed by atoms with Gasteiger partial charge in [-0.15, -0.1) is 6.58 Å². The van der Waals surface area contributed by atoms with E-state index < -0.39 is 0 Å². The molecule has 1 aromatic carbocycles. The van der Waals surface area contributed by atoms with Crippen LogP contribution in [0.5, 0.6) is 0 Å². The maximum atomic E-state index is 3.78. The first-order chi connectivity index (χ1) is 8.86. The number of hydrogen-bond acceptors (Lipinski definition) is 1. The van der Waals surface area contributed by atoms with Crippen molar-refractivity contribution >= 4 is 10.9 Å². The predicted octanol–water partition coefficient (Wildman–Crippen LogP) is 3.72. The van der Waals surface area contributed by atoms with Crippen LogP contribution < -0.4 is 5.32 Å². The molecule has 0 aliphatic rings. The summed E-state index contributed by atoms with van der Waals surface area (Å²) in [5.74, 6) is 0. The lowest BCUT2D eigenvalue weighted by molar-refractivity contribution is 0.664. The minimum Gasteiger partial charge on any atom is -0.347 e. The van der Waals surface area contributed by atoms with Crippen molar-refractivity contribution in [2.24, 2.45) is 0 Å². The fourth-order valence-electron chi connectivity index (χ4n) is 2.31. The van der Waals surface area contributed by atoms with Crippen LogP contribution in [0.3, 0.4) is 0 Å². The Labute approximate surface area is 109 Å². The van der Waals surface area contributed by atoms with Crippen LogP contribution in [0.2, 0.25) is 0 Å². The zero-order valence-electron chi connectivity index (χ0n) is 11.2. The number of aromatic nitrogens is 1. The summed E-state index contributed by atoms with van der Waals surface area (Å²) in [4.78, 5) is 0. The molecule has 0 saturated heterocycles. The molecule has 0 atom stereocenters. The lowest BCUT2D eigenvalue weighted by Gasteiger charge is -2.03. The van der Waals surface area contributed by atoms with Crippen molar-refractivity contribution in [1.82, 2.24) is 9.88 Å². The van der Waals surface area contributed by atoms with Crippen LogP contribution in [0.15, 0.2) is 43.1 Å². The summed E-state index contributed by atoms with van der Waals surface area (Å²) in [5.41, 5.74) is 2.74. The first-order valence-corrected chi connectivity index (χ1v) is 6.75. The molecule has 0 fully saturated rings. The van der Waals surface area contributed by atoms with E-state index in [2.05, 4.69) is 53.8 Å². The third-order valence-electron chi connectivity index (χ3n) is 3.24. The van der Waals surface area contributed by atoms with Gasteiger partial charge in [-0.1, -0.05) is 31.2 Å². The summed E-state index contributed by atoms with van der Waals surface area (Å²) in [6.07, 6.45) is 6.51. The third-order valence-corrected chi connectivity index (χ3v) is 3.24. The molecule has 2 rings (SSSR count). The van der Waals surface area contributed by atoms with Gasteiger partial charge in [0.05, 0.1) is 0 Å². The molecule has 0 bridgehead atoms. The molecule has 0 unspecified atom stereocenters. The third kappa shape index (κ3) is 2.82. The Morgan fingerprint density at radius 1 is 1.33 bits per heavy atom. The minimum atomic E-state index is 0.950. The highest BCUT2D eigenvalue weighted by atomic mass is 15.0.